The van der Waals surface area contributed by atoms with Gasteiger partial charge >= 0.3 is 0 Å². The molecule has 1 saturated heterocycles. The van der Waals surface area contributed by atoms with Gasteiger partial charge < -0.3 is 31.1 Å². The zero-order valence-corrected chi connectivity index (χ0v) is 15.8. The first kappa shape index (κ1) is 19.5. The van der Waals surface area contributed by atoms with Gasteiger partial charge in [-0.05, 0) is 12.1 Å². The van der Waals surface area contributed by atoms with Crippen LogP contribution in [0.4, 0.5) is 11.8 Å². The number of aromatic nitrogens is 5. The summed E-state index contributed by atoms with van der Waals surface area (Å²) < 4.78 is 7.04. The maximum Gasteiger partial charge on any atom is 0.226 e. The average Bonchev–Trinajstić information content (AvgIpc) is 3.28. The van der Waals surface area contributed by atoms with Crippen LogP contribution < -0.4 is 11.1 Å². The molecule has 11 nitrogen and oxygen atoms in total. The first-order valence-electron chi connectivity index (χ1n) is 9.27. The zero-order valence-electron chi connectivity index (χ0n) is 15.8. The van der Waals surface area contributed by atoms with Gasteiger partial charge in [-0.1, -0.05) is 13.0 Å². The van der Waals surface area contributed by atoms with Gasteiger partial charge in [-0.3, -0.25) is 9.55 Å². The number of hydrogen-bond donors (Lipinski definition) is 5. The Morgan fingerprint density at radius 2 is 2.07 bits per heavy atom. The molecule has 29 heavy (non-hydrogen) atoms. The first-order chi connectivity index (χ1) is 14.0. The molecule has 3 unspecified atom stereocenters. The standard InChI is InChI=1S/C18H23N7O4/c1-9(10-4-2-3-5-20-10)6-21-18-23-15(19)12-16(24-18)25(8-22-12)17-14(28)13(27)11(7-26)29-17/h2-5,8-9,11,13-14,17,26-28H,6-7H2,1H3,(H3,19,21,23,24)/t9?,11-,13?,14?,17-/m1/s1. The van der Waals surface area contributed by atoms with Crippen molar-refractivity contribution in [1.29, 1.82) is 0 Å². The van der Waals surface area contributed by atoms with Crippen LogP contribution in [0.3, 0.4) is 0 Å². The second kappa shape index (κ2) is 7.87. The van der Waals surface area contributed by atoms with Crippen molar-refractivity contribution in [2.24, 2.45) is 0 Å². The molecule has 4 rings (SSSR count). The summed E-state index contributed by atoms with van der Waals surface area (Å²) >= 11 is 0. The Balaban J connectivity index is 1.59. The van der Waals surface area contributed by atoms with Gasteiger partial charge in [0.1, 0.15) is 23.8 Å². The van der Waals surface area contributed by atoms with Gasteiger partial charge in [0.05, 0.1) is 12.9 Å². The molecule has 11 heteroatoms. The summed E-state index contributed by atoms with van der Waals surface area (Å²) in [5.74, 6) is 0.585. The zero-order chi connectivity index (χ0) is 20.5. The summed E-state index contributed by atoms with van der Waals surface area (Å²) in [6.07, 6.45) is -1.17. The lowest BCUT2D eigenvalue weighted by Crippen LogP contribution is -2.33. The highest BCUT2D eigenvalue weighted by Gasteiger charge is 2.44. The van der Waals surface area contributed by atoms with Crippen LogP contribution in [-0.2, 0) is 4.74 Å². The van der Waals surface area contributed by atoms with E-state index in [-0.39, 0.29) is 11.7 Å². The smallest absolute Gasteiger partial charge is 0.226 e. The van der Waals surface area contributed by atoms with E-state index in [0.717, 1.165) is 5.69 Å². The van der Waals surface area contributed by atoms with Crippen molar-refractivity contribution < 1.29 is 20.1 Å². The molecule has 1 fully saturated rings. The van der Waals surface area contributed by atoms with Gasteiger partial charge in [0.2, 0.25) is 5.95 Å². The molecule has 0 amide bonds. The lowest BCUT2D eigenvalue weighted by molar-refractivity contribution is -0.0511. The van der Waals surface area contributed by atoms with Crippen LogP contribution in [0.25, 0.3) is 11.2 Å². The summed E-state index contributed by atoms with van der Waals surface area (Å²) in [5.41, 5.74) is 7.67. The minimum Gasteiger partial charge on any atom is -0.394 e. The highest BCUT2D eigenvalue weighted by atomic mass is 16.6. The molecule has 1 aliphatic rings. The second-order valence-electron chi connectivity index (χ2n) is 7.02. The average molecular weight is 401 g/mol. The number of imidazole rings is 1. The molecule has 3 aromatic rings. The van der Waals surface area contributed by atoms with E-state index in [1.165, 1.54) is 10.9 Å². The maximum atomic E-state index is 10.3. The fourth-order valence-electron chi connectivity index (χ4n) is 3.33. The van der Waals surface area contributed by atoms with E-state index in [9.17, 15) is 15.3 Å². The first-order valence-corrected chi connectivity index (χ1v) is 9.27. The number of rotatable bonds is 6. The summed E-state index contributed by atoms with van der Waals surface area (Å²) in [6.45, 7) is 2.14. The molecular formula is C18H23N7O4. The number of nitrogen functional groups attached to an aromatic ring is 1. The number of nitrogens with zero attached hydrogens (tertiary/aromatic N) is 5. The molecule has 0 saturated carbocycles. The molecule has 0 spiro atoms. The van der Waals surface area contributed by atoms with Crippen LogP contribution >= 0.6 is 0 Å². The lowest BCUT2D eigenvalue weighted by atomic mass is 10.1. The number of anilines is 2. The highest BCUT2D eigenvalue weighted by molar-refractivity contribution is 5.83. The summed E-state index contributed by atoms with van der Waals surface area (Å²) in [4.78, 5) is 17.2. The van der Waals surface area contributed by atoms with Crippen LogP contribution in [0.1, 0.15) is 24.8 Å². The van der Waals surface area contributed by atoms with Crippen LogP contribution in [0.15, 0.2) is 30.7 Å². The Labute approximate surface area is 166 Å². The van der Waals surface area contributed by atoms with Crippen molar-refractivity contribution in [3.63, 3.8) is 0 Å². The monoisotopic (exact) mass is 401 g/mol. The number of nitrogens with two attached hydrogens (primary N) is 1. The molecule has 3 aromatic heterocycles. The minimum absolute atomic E-state index is 0.113. The van der Waals surface area contributed by atoms with E-state index in [1.54, 1.807) is 6.20 Å². The molecule has 0 radical (unpaired) electrons. The van der Waals surface area contributed by atoms with Gasteiger partial charge in [-0.2, -0.15) is 9.97 Å². The SMILES string of the molecule is CC(CNc1nc(N)c2ncn([C@@H]3O[C@H](CO)C(O)C3O)c2n1)c1ccccn1. The van der Waals surface area contributed by atoms with Crippen molar-refractivity contribution in [3.8, 4) is 0 Å². The number of hydrogen-bond acceptors (Lipinski definition) is 10. The number of nitrogens with one attached hydrogen (secondary N) is 1. The molecule has 0 aliphatic carbocycles. The molecule has 154 valence electrons. The van der Waals surface area contributed by atoms with Crippen LogP contribution in [0.2, 0.25) is 0 Å². The van der Waals surface area contributed by atoms with Crippen molar-refractivity contribution >= 4 is 22.9 Å². The van der Waals surface area contributed by atoms with Gasteiger partial charge in [-0.25, -0.2) is 4.98 Å². The third-order valence-electron chi connectivity index (χ3n) is 5.00. The second-order valence-corrected chi connectivity index (χ2v) is 7.02. The molecule has 5 atom stereocenters. The van der Waals surface area contributed by atoms with E-state index < -0.39 is 31.1 Å². The van der Waals surface area contributed by atoms with E-state index in [0.29, 0.717) is 23.7 Å². The molecule has 0 bridgehead atoms. The molecule has 1 aliphatic heterocycles. The van der Waals surface area contributed by atoms with E-state index in [1.807, 2.05) is 25.1 Å². The Bertz CT molecular complexity index is 983. The normalized spacial score (nSPS) is 25.4. The van der Waals surface area contributed by atoms with E-state index in [4.69, 9.17) is 10.5 Å². The Morgan fingerprint density at radius 3 is 2.76 bits per heavy atom. The molecular weight excluding hydrogens is 378 g/mol. The van der Waals surface area contributed by atoms with Gasteiger partial charge in [0, 0.05) is 24.4 Å². The van der Waals surface area contributed by atoms with Gasteiger partial charge in [0.25, 0.3) is 0 Å². The third-order valence-corrected chi connectivity index (χ3v) is 5.00. The number of fused-ring (bicyclic) bond motifs is 1. The fraction of sp³-hybridized carbons (Fsp3) is 0.444. The molecule has 4 heterocycles. The van der Waals surface area contributed by atoms with E-state index in [2.05, 4.69) is 25.3 Å². The Hall–Kier alpha value is -2.86. The highest BCUT2D eigenvalue weighted by Crippen LogP contribution is 2.32. The Kier molecular flexibility index (Phi) is 5.28. The number of aliphatic hydroxyl groups excluding tert-OH is 3. The Morgan fingerprint density at radius 1 is 1.24 bits per heavy atom. The van der Waals surface area contributed by atoms with E-state index >= 15 is 0 Å². The predicted molar refractivity (Wildman–Crippen MR) is 104 cm³/mol. The van der Waals surface area contributed by atoms with Crippen LogP contribution in [0.5, 0.6) is 0 Å². The number of pyridine rings is 1. The molecule has 6 N–H and O–H groups in total. The number of aliphatic hydroxyl groups is 3. The third kappa shape index (κ3) is 3.60. The largest absolute Gasteiger partial charge is 0.394 e. The predicted octanol–water partition coefficient (Wildman–Crippen LogP) is -0.369. The van der Waals surface area contributed by atoms with Crippen LogP contribution in [0, 0.1) is 0 Å². The summed E-state index contributed by atoms with van der Waals surface area (Å²) in [5, 5.41) is 32.8. The summed E-state index contributed by atoms with van der Waals surface area (Å²) in [6, 6.07) is 5.74. The summed E-state index contributed by atoms with van der Waals surface area (Å²) in [7, 11) is 0. The van der Waals surface area contributed by atoms with Crippen molar-refractivity contribution in [2.75, 3.05) is 24.2 Å². The van der Waals surface area contributed by atoms with Crippen molar-refractivity contribution in [1.82, 2.24) is 24.5 Å². The van der Waals surface area contributed by atoms with Crippen LogP contribution in [-0.4, -0.2) is 71.3 Å². The van der Waals surface area contributed by atoms with Gasteiger partial charge in [0.15, 0.2) is 17.7 Å². The number of ether oxygens (including phenoxy) is 1. The van der Waals surface area contributed by atoms with Crippen molar-refractivity contribution in [2.45, 2.75) is 37.4 Å². The van der Waals surface area contributed by atoms with Gasteiger partial charge in [-0.15, -0.1) is 0 Å². The quantitative estimate of drug-likeness (QED) is 0.368. The van der Waals surface area contributed by atoms with Crippen molar-refractivity contribution in [3.05, 3.63) is 36.4 Å². The minimum atomic E-state index is -1.25. The fourth-order valence-corrected chi connectivity index (χ4v) is 3.33. The lowest BCUT2D eigenvalue weighted by Gasteiger charge is -2.17. The maximum absolute atomic E-state index is 10.3. The topological polar surface area (TPSA) is 164 Å². The molecule has 0 aromatic carbocycles.